The topological polar surface area (TPSA) is 38.1 Å². The van der Waals surface area contributed by atoms with Crippen LogP contribution in [0.1, 0.15) is 11.5 Å². The Balaban J connectivity index is 1.76. The SMILES string of the molecule is c1coc(CNCc2cscn2)c1. The predicted molar refractivity (Wildman–Crippen MR) is 51.4 cm³/mol. The van der Waals surface area contributed by atoms with Gasteiger partial charge >= 0.3 is 0 Å². The van der Waals surface area contributed by atoms with Crippen LogP contribution in [-0.2, 0) is 13.1 Å². The smallest absolute Gasteiger partial charge is 0.117 e. The predicted octanol–water partition coefficient (Wildman–Crippen LogP) is 2.03. The van der Waals surface area contributed by atoms with Crippen LogP contribution >= 0.6 is 11.3 Å². The van der Waals surface area contributed by atoms with Crippen LogP contribution < -0.4 is 5.32 Å². The third-order valence-corrected chi connectivity index (χ3v) is 2.30. The third kappa shape index (κ3) is 2.40. The van der Waals surface area contributed by atoms with Crippen molar-refractivity contribution >= 4 is 11.3 Å². The first-order valence-corrected chi connectivity index (χ1v) is 4.99. The van der Waals surface area contributed by atoms with E-state index in [1.165, 1.54) is 0 Å². The fourth-order valence-corrected chi connectivity index (χ4v) is 1.61. The summed E-state index contributed by atoms with van der Waals surface area (Å²) in [4.78, 5) is 4.16. The van der Waals surface area contributed by atoms with Crippen LogP contribution in [0.4, 0.5) is 0 Å². The lowest BCUT2D eigenvalue weighted by molar-refractivity contribution is 0.482. The standard InChI is InChI=1S/C9H10N2OS/c1-2-9(12-3-1)5-10-4-8-6-13-7-11-8/h1-3,6-7,10H,4-5H2. The Labute approximate surface area is 80.4 Å². The summed E-state index contributed by atoms with van der Waals surface area (Å²) in [6, 6.07) is 3.84. The number of aromatic nitrogens is 1. The Morgan fingerprint density at radius 3 is 3.15 bits per heavy atom. The van der Waals surface area contributed by atoms with Crippen LogP contribution in [0.25, 0.3) is 0 Å². The number of nitrogens with zero attached hydrogens (tertiary/aromatic N) is 1. The molecule has 0 atom stereocenters. The maximum atomic E-state index is 5.17. The summed E-state index contributed by atoms with van der Waals surface area (Å²) in [7, 11) is 0. The first-order valence-electron chi connectivity index (χ1n) is 4.05. The molecule has 13 heavy (non-hydrogen) atoms. The zero-order valence-corrected chi connectivity index (χ0v) is 7.88. The molecule has 4 heteroatoms. The molecule has 0 saturated carbocycles. The van der Waals surface area contributed by atoms with Gasteiger partial charge in [0.15, 0.2) is 0 Å². The number of hydrogen-bond acceptors (Lipinski definition) is 4. The molecule has 0 aliphatic rings. The van der Waals surface area contributed by atoms with E-state index in [0.29, 0.717) is 0 Å². The Morgan fingerprint density at radius 2 is 2.46 bits per heavy atom. The average molecular weight is 194 g/mol. The van der Waals surface area contributed by atoms with Crippen molar-refractivity contribution in [1.29, 1.82) is 0 Å². The minimum atomic E-state index is 0.754. The van der Waals surface area contributed by atoms with Crippen LogP contribution in [0.2, 0.25) is 0 Å². The minimum Gasteiger partial charge on any atom is -0.468 e. The third-order valence-electron chi connectivity index (χ3n) is 1.67. The van der Waals surface area contributed by atoms with Crippen LogP contribution in [0.5, 0.6) is 0 Å². The molecule has 0 radical (unpaired) electrons. The second-order valence-corrected chi connectivity index (χ2v) is 3.38. The molecule has 2 aromatic heterocycles. The molecule has 0 saturated heterocycles. The number of rotatable bonds is 4. The first kappa shape index (κ1) is 8.47. The van der Waals surface area contributed by atoms with Gasteiger partial charge in [0, 0.05) is 11.9 Å². The maximum absolute atomic E-state index is 5.17. The van der Waals surface area contributed by atoms with E-state index < -0.39 is 0 Å². The van der Waals surface area contributed by atoms with Gasteiger partial charge in [-0.25, -0.2) is 4.98 Å². The summed E-state index contributed by atoms with van der Waals surface area (Å²) in [5.41, 5.74) is 2.92. The quantitative estimate of drug-likeness (QED) is 0.809. The number of hydrogen-bond donors (Lipinski definition) is 1. The molecule has 0 aliphatic carbocycles. The maximum Gasteiger partial charge on any atom is 0.117 e. The van der Waals surface area contributed by atoms with Crippen LogP contribution in [0, 0.1) is 0 Å². The van der Waals surface area contributed by atoms with Gasteiger partial charge in [-0.05, 0) is 12.1 Å². The summed E-state index contributed by atoms with van der Waals surface area (Å²) >= 11 is 1.61. The highest BCUT2D eigenvalue weighted by Gasteiger charge is 1.96. The fourth-order valence-electron chi connectivity index (χ4n) is 1.05. The molecule has 2 aromatic rings. The van der Waals surface area contributed by atoms with Gasteiger partial charge in [-0.1, -0.05) is 0 Å². The zero-order chi connectivity index (χ0) is 8.93. The molecule has 0 aliphatic heterocycles. The molecule has 0 bridgehead atoms. The van der Waals surface area contributed by atoms with E-state index in [1.54, 1.807) is 17.6 Å². The monoisotopic (exact) mass is 194 g/mol. The summed E-state index contributed by atoms with van der Waals surface area (Å²) in [6.45, 7) is 1.55. The van der Waals surface area contributed by atoms with Gasteiger partial charge in [-0.2, -0.15) is 0 Å². The lowest BCUT2D eigenvalue weighted by Gasteiger charge is -1.98. The Morgan fingerprint density at radius 1 is 1.46 bits per heavy atom. The van der Waals surface area contributed by atoms with E-state index in [1.807, 2.05) is 23.0 Å². The molecule has 3 nitrogen and oxygen atoms in total. The Hall–Kier alpha value is -1.13. The molecular formula is C9H10N2OS. The molecule has 0 spiro atoms. The van der Waals surface area contributed by atoms with Gasteiger partial charge in [-0.15, -0.1) is 11.3 Å². The molecule has 68 valence electrons. The van der Waals surface area contributed by atoms with Crippen molar-refractivity contribution in [3.63, 3.8) is 0 Å². The average Bonchev–Trinajstić information content (AvgIpc) is 2.75. The first-order chi connectivity index (χ1) is 6.45. The highest BCUT2D eigenvalue weighted by atomic mass is 32.1. The van der Waals surface area contributed by atoms with Crippen LogP contribution in [0.3, 0.4) is 0 Å². The van der Waals surface area contributed by atoms with Crippen molar-refractivity contribution in [2.45, 2.75) is 13.1 Å². The molecule has 1 N–H and O–H groups in total. The Bertz CT molecular complexity index is 294. The normalized spacial score (nSPS) is 10.5. The van der Waals surface area contributed by atoms with Crippen molar-refractivity contribution in [2.75, 3.05) is 0 Å². The van der Waals surface area contributed by atoms with E-state index in [2.05, 4.69) is 10.3 Å². The summed E-state index contributed by atoms with van der Waals surface area (Å²) in [5.74, 6) is 0.954. The second kappa shape index (κ2) is 4.20. The van der Waals surface area contributed by atoms with E-state index in [-0.39, 0.29) is 0 Å². The Kier molecular flexibility index (Phi) is 2.74. The van der Waals surface area contributed by atoms with Crippen molar-refractivity contribution in [1.82, 2.24) is 10.3 Å². The van der Waals surface area contributed by atoms with Gasteiger partial charge in [-0.3, -0.25) is 0 Å². The highest BCUT2D eigenvalue weighted by molar-refractivity contribution is 7.07. The highest BCUT2D eigenvalue weighted by Crippen LogP contribution is 2.02. The van der Waals surface area contributed by atoms with Crippen molar-refractivity contribution in [2.24, 2.45) is 0 Å². The van der Waals surface area contributed by atoms with Crippen molar-refractivity contribution in [3.8, 4) is 0 Å². The zero-order valence-electron chi connectivity index (χ0n) is 7.06. The van der Waals surface area contributed by atoms with Gasteiger partial charge in [0.05, 0.1) is 24.0 Å². The fraction of sp³-hybridized carbons (Fsp3) is 0.222. The van der Waals surface area contributed by atoms with E-state index in [9.17, 15) is 0 Å². The largest absolute Gasteiger partial charge is 0.468 e. The van der Waals surface area contributed by atoms with Crippen molar-refractivity contribution in [3.05, 3.63) is 40.7 Å². The van der Waals surface area contributed by atoms with E-state index in [0.717, 1.165) is 24.5 Å². The summed E-state index contributed by atoms with van der Waals surface area (Å²) < 4.78 is 5.17. The molecule has 2 rings (SSSR count). The van der Waals surface area contributed by atoms with E-state index >= 15 is 0 Å². The summed E-state index contributed by atoms with van der Waals surface area (Å²) in [6.07, 6.45) is 1.68. The summed E-state index contributed by atoms with van der Waals surface area (Å²) in [5, 5.41) is 5.28. The number of thiazole rings is 1. The van der Waals surface area contributed by atoms with Gasteiger partial charge in [0.2, 0.25) is 0 Å². The molecular weight excluding hydrogens is 184 g/mol. The number of nitrogens with one attached hydrogen (secondary N) is 1. The second-order valence-electron chi connectivity index (χ2n) is 2.66. The molecule has 0 unspecified atom stereocenters. The lowest BCUT2D eigenvalue weighted by atomic mass is 10.4. The minimum absolute atomic E-state index is 0.754. The molecule has 0 amide bonds. The van der Waals surface area contributed by atoms with Crippen LogP contribution in [-0.4, -0.2) is 4.98 Å². The van der Waals surface area contributed by atoms with Crippen LogP contribution in [0.15, 0.2) is 33.7 Å². The lowest BCUT2D eigenvalue weighted by Crippen LogP contribution is -2.12. The van der Waals surface area contributed by atoms with Gasteiger partial charge < -0.3 is 9.73 Å². The molecule has 0 aromatic carbocycles. The molecule has 0 fully saturated rings. The van der Waals surface area contributed by atoms with Crippen molar-refractivity contribution < 1.29 is 4.42 Å². The number of furan rings is 1. The van der Waals surface area contributed by atoms with Gasteiger partial charge in [0.25, 0.3) is 0 Å². The van der Waals surface area contributed by atoms with Gasteiger partial charge in [0.1, 0.15) is 5.76 Å². The van der Waals surface area contributed by atoms with E-state index in [4.69, 9.17) is 4.42 Å². The molecule has 2 heterocycles.